The van der Waals surface area contributed by atoms with Gasteiger partial charge in [-0.2, -0.15) is 0 Å². The number of rotatable bonds is 4. The van der Waals surface area contributed by atoms with E-state index in [4.69, 9.17) is 5.11 Å². The molecule has 0 aliphatic carbocycles. The number of nitrogens with one attached hydrogen (secondary N) is 1. The SMILES string of the molecule is Cc1ccc(O)c(CN[C@@H](C)C(=O)O)c1. The average molecular weight is 209 g/mol. The minimum Gasteiger partial charge on any atom is -0.508 e. The number of phenolic OH excluding ortho intramolecular Hbond substituents is 1. The summed E-state index contributed by atoms with van der Waals surface area (Å²) in [6.45, 7) is 3.83. The smallest absolute Gasteiger partial charge is 0.320 e. The van der Waals surface area contributed by atoms with Crippen LogP contribution in [0.3, 0.4) is 0 Å². The summed E-state index contributed by atoms with van der Waals surface area (Å²) in [5.41, 5.74) is 1.75. The summed E-state index contributed by atoms with van der Waals surface area (Å²) in [6.07, 6.45) is 0. The van der Waals surface area contributed by atoms with Gasteiger partial charge < -0.3 is 15.5 Å². The van der Waals surface area contributed by atoms with Gasteiger partial charge in [-0.05, 0) is 19.9 Å². The van der Waals surface area contributed by atoms with Crippen LogP contribution in [0.1, 0.15) is 18.1 Å². The zero-order valence-electron chi connectivity index (χ0n) is 8.82. The van der Waals surface area contributed by atoms with Crippen LogP contribution in [0.4, 0.5) is 0 Å². The van der Waals surface area contributed by atoms with Crippen molar-refractivity contribution in [2.75, 3.05) is 0 Å². The summed E-state index contributed by atoms with van der Waals surface area (Å²) in [5.74, 6) is -0.715. The minimum atomic E-state index is -0.901. The summed E-state index contributed by atoms with van der Waals surface area (Å²) in [4.78, 5) is 10.5. The quantitative estimate of drug-likeness (QED) is 0.698. The van der Waals surface area contributed by atoms with Gasteiger partial charge in [0.2, 0.25) is 0 Å². The number of aliphatic carboxylic acids is 1. The minimum absolute atomic E-state index is 0.186. The monoisotopic (exact) mass is 209 g/mol. The van der Waals surface area contributed by atoms with Crippen LogP contribution < -0.4 is 5.32 Å². The van der Waals surface area contributed by atoms with Gasteiger partial charge in [0.1, 0.15) is 11.8 Å². The molecular weight excluding hydrogens is 194 g/mol. The summed E-state index contributed by atoms with van der Waals surface area (Å²) < 4.78 is 0. The average Bonchev–Trinajstić information content (AvgIpc) is 2.18. The number of benzene rings is 1. The van der Waals surface area contributed by atoms with Crippen molar-refractivity contribution >= 4 is 5.97 Å². The molecule has 3 N–H and O–H groups in total. The molecule has 15 heavy (non-hydrogen) atoms. The van der Waals surface area contributed by atoms with Crippen LogP contribution in [0.5, 0.6) is 5.75 Å². The lowest BCUT2D eigenvalue weighted by Gasteiger charge is -2.10. The lowest BCUT2D eigenvalue weighted by atomic mass is 10.1. The Kier molecular flexibility index (Phi) is 3.68. The molecule has 0 saturated carbocycles. The Bertz CT molecular complexity index is 363. The number of carboxylic acid groups (broad SMARTS) is 1. The molecule has 4 heteroatoms. The van der Waals surface area contributed by atoms with E-state index < -0.39 is 12.0 Å². The largest absolute Gasteiger partial charge is 0.508 e. The molecule has 82 valence electrons. The van der Waals surface area contributed by atoms with Crippen LogP contribution in [0.15, 0.2) is 18.2 Å². The van der Waals surface area contributed by atoms with E-state index in [2.05, 4.69) is 5.32 Å². The Morgan fingerprint density at radius 3 is 2.80 bits per heavy atom. The molecule has 0 aliphatic heterocycles. The first kappa shape index (κ1) is 11.5. The fraction of sp³-hybridized carbons (Fsp3) is 0.364. The van der Waals surface area contributed by atoms with Crippen LogP contribution in [0, 0.1) is 6.92 Å². The van der Waals surface area contributed by atoms with Crippen LogP contribution in [0.25, 0.3) is 0 Å². The molecule has 0 unspecified atom stereocenters. The lowest BCUT2D eigenvalue weighted by molar-refractivity contribution is -0.139. The van der Waals surface area contributed by atoms with E-state index in [0.29, 0.717) is 12.1 Å². The maximum absolute atomic E-state index is 10.5. The van der Waals surface area contributed by atoms with Crippen molar-refractivity contribution in [1.82, 2.24) is 5.32 Å². The number of hydrogen-bond acceptors (Lipinski definition) is 3. The first-order valence-electron chi connectivity index (χ1n) is 4.75. The topological polar surface area (TPSA) is 69.6 Å². The molecule has 0 aliphatic rings. The fourth-order valence-corrected chi connectivity index (χ4v) is 1.21. The first-order valence-corrected chi connectivity index (χ1v) is 4.75. The van der Waals surface area contributed by atoms with E-state index in [-0.39, 0.29) is 5.75 Å². The summed E-state index contributed by atoms with van der Waals surface area (Å²) in [5, 5.41) is 21.0. The third-order valence-corrected chi connectivity index (χ3v) is 2.20. The number of aryl methyl sites for hydroxylation is 1. The molecule has 0 bridgehead atoms. The molecule has 1 aromatic carbocycles. The zero-order valence-corrected chi connectivity index (χ0v) is 8.82. The fourth-order valence-electron chi connectivity index (χ4n) is 1.21. The van der Waals surface area contributed by atoms with Crippen molar-refractivity contribution in [3.05, 3.63) is 29.3 Å². The Labute approximate surface area is 88.6 Å². The van der Waals surface area contributed by atoms with Gasteiger partial charge in [-0.25, -0.2) is 0 Å². The molecular formula is C11H15NO3. The Balaban J connectivity index is 2.65. The van der Waals surface area contributed by atoms with E-state index in [0.717, 1.165) is 5.56 Å². The van der Waals surface area contributed by atoms with E-state index in [9.17, 15) is 9.90 Å². The molecule has 0 spiro atoms. The normalized spacial score (nSPS) is 12.4. The second-order valence-corrected chi connectivity index (χ2v) is 3.57. The van der Waals surface area contributed by atoms with Gasteiger partial charge in [-0.3, -0.25) is 4.79 Å². The molecule has 0 radical (unpaired) electrons. The summed E-state index contributed by atoms with van der Waals surface area (Å²) >= 11 is 0. The van der Waals surface area contributed by atoms with Crippen molar-refractivity contribution in [2.24, 2.45) is 0 Å². The van der Waals surface area contributed by atoms with Crippen LogP contribution >= 0.6 is 0 Å². The van der Waals surface area contributed by atoms with Crippen LogP contribution in [-0.2, 0) is 11.3 Å². The Morgan fingerprint density at radius 1 is 1.53 bits per heavy atom. The van der Waals surface area contributed by atoms with Gasteiger partial charge in [0.05, 0.1) is 0 Å². The molecule has 0 amide bonds. The molecule has 0 heterocycles. The lowest BCUT2D eigenvalue weighted by Crippen LogP contribution is -2.33. The van der Waals surface area contributed by atoms with Crippen molar-refractivity contribution in [3.8, 4) is 5.75 Å². The summed E-state index contributed by atoms with van der Waals surface area (Å²) in [7, 11) is 0. The van der Waals surface area contributed by atoms with Gasteiger partial charge in [-0.15, -0.1) is 0 Å². The molecule has 0 aromatic heterocycles. The summed E-state index contributed by atoms with van der Waals surface area (Å²) in [6, 6.07) is 4.62. The van der Waals surface area contributed by atoms with Crippen molar-refractivity contribution < 1.29 is 15.0 Å². The second-order valence-electron chi connectivity index (χ2n) is 3.57. The van der Waals surface area contributed by atoms with Crippen molar-refractivity contribution in [3.63, 3.8) is 0 Å². The number of carboxylic acids is 1. The molecule has 1 aromatic rings. The van der Waals surface area contributed by atoms with Gasteiger partial charge in [0, 0.05) is 12.1 Å². The Morgan fingerprint density at radius 2 is 2.20 bits per heavy atom. The van der Waals surface area contributed by atoms with Gasteiger partial charge in [0.25, 0.3) is 0 Å². The molecule has 0 fully saturated rings. The first-order chi connectivity index (χ1) is 7.00. The number of aromatic hydroxyl groups is 1. The van der Waals surface area contributed by atoms with Crippen LogP contribution in [0.2, 0.25) is 0 Å². The third kappa shape index (κ3) is 3.25. The van der Waals surface area contributed by atoms with Gasteiger partial charge >= 0.3 is 5.97 Å². The van der Waals surface area contributed by atoms with Crippen LogP contribution in [-0.4, -0.2) is 22.2 Å². The van der Waals surface area contributed by atoms with Crippen molar-refractivity contribution in [1.29, 1.82) is 0 Å². The number of hydrogen-bond donors (Lipinski definition) is 3. The number of carbonyl (C=O) groups is 1. The molecule has 0 saturated heterocycles. The molecule has 1 rings (SSSR count). The number of phenols is 1. The standard InChI is InChI=1S/C11H15NO3/c1-7-3-4-10(13)9(5-7)6-12-8(2)11(14)15/h3-5,8,12-13H,6H2,1-2H3,(H,14,15)/t8-/m0/s1. The van der Waals surface area contributed by atoms with Crippen molar-refractivity contribution in [2.45, 2.75) is 26.4 Å². The maximum Gasteiger partial charge on any atom is 0.320 e. The second kappa shape index (κ2) is 4.79. The zero-order chi connectivity index (χ0) is 11.4. The Hall–Kier alpha value is -1.55. The van der Waals surface area contributed by atoms with E-state index >= 15 is 0 Å². The van der Waals surface area contributed by atoms with E-state index in [1.165, 1.54) is 0 Å². The maximum atomic E-state index is 10.5. The highest BCUT2D eigenvalue weighted by atomic mass is 16.4. The van der Waals surface area contributed by atoms with Gasteiger partial charge in [0.15, 0.2) is 0 Å². The third-order valence-electron chi connectivity index (χ3n) is 2.20. The highest BCUT2D eigenvalue weighted by Crippen LogP contribution is 2.17. The predicted octanol–water partition coefficient (Wildman–Crippen LogP) is 1.26. The highest BCUT2D eigenvalue weighted by molar-refractivity contribution is 5.72. The predicted molar refractivity (Wildman–Crippen MR) is 56.8 cm³/mol. The molecule has 1 atom stereocenters. The molecule has 4 nitrogen and oxygen atoms in total. The highest BCUT2D eigenvalue weighted by Gasteiger charge is 2.10. The van der Waals surface area contributed by atoms with E-state index in [1.54, 1.807) is 19.1 Å². The van der Waals surface area contributed by atoms with E-state index in [1.807, 2.05) is 13.0 Å². The van der Waals surface area contributed by atoms with Gasteiger partial charge in [-0.1, -0.05) is 17.7 Å².